The van der Waals surface area contributed by atoms with Crippen LogP contribution in [0, 0.1) is 11.8 Å². The highest BCUT2D eigenvalue weighted by Crippen LogP contribution is 2.76. The van der Waals surface area contributed by atoms with Gasteiger partial charge in [0.05, 0.1) is 0 Å². The summed E-state index contributed by atoms with van der Waals surface area (Å²) < 4.78 is 0. The molecule has 4 aliphatic rings. The van der Waals surface area contributed by atoms with E-state index in [1.165, 1.54) is 17.5 Å². The van der Waals surface area contributed by atoms with Crippen molar-refractivity contribution < 1.29 is 19.2 Å². The summed E-state index contributed by atoms with van der Waals surface area (Å²) in [6, 6.07) is 32.5. The van der Waals surface area contributed by atoms with Gasteiger partial charge < -0.3 is 0 Å². The maximum absolute atomic E-state index is 11.8. The minimum atomic E-state index is -0.554. The van der Waals surface area contributed by atoms with Crippen molar-refractivity contribution in [3.63, 3.8) is 0 Å². The second-order valence-corrected chi connectivity index (χ2v) is 12.7. The van der Waals surface area contributed by atoms with Gasteiger partial charge in [0, 0.05) is 38.5 Å². The van der Waals surface area contributed by atoms with E-state index in [2.05, 4.69) is 48.5 Å². The number of carbonyl (C=O) groups excluding carboxylic acids is 4. The zero-order chi connectivity index (χ0) is 29.0. The van der Waals surface area contributed by atoms with Gasteiger partial charge in [0.25, 0.3) is 0 Å². The quantitative estimate of drug-likeness (QED) is 0.215. The number of benzene rings is 4. The van der Waals surface area contributed by atoms with Crippen LogP contribution in [0.1, 0.15) is 95.8 Å². The van der Waals surface area contributed by atoms with Crippen LogP contribution in [-0.4, -0.2) is 25.1 Å². The summed E-state index contributed by atoms with van der Waals surface area (Å²) in [5.41, 5.74) is 6.10. The lowest BCUT2D eigenvalue weighted by molar-refractivity contribution is -0.0904. The molecule has 0 saturated heterocycles. The fourth-order valence-electron chi connectivity index (χ4n) is 9.72. The van der Waals surface area contributed by atoms with Gasteiger partial charge in [0.15, 0.2) is 0 Å². The van der Waals surface area contributed by atoms with E-state index in [0.717, 1.165) is 62.0 Å². The number of rotatable bonds is 8. The zero-order valence-corrected chi connectivity index (χ0v) is 23.4. The van der Waals surface area contributed by atoms with Gasteiger partial charge in [-0.3, -0.25) is 19.2 Å². The van der Waals surface area contributed by atoms with Crippen molar-refractivity contribution in [1.29, 1.82) is 0 Å². The van der Waals surface area contributed by atoms with E-state index in [-0.39, 0.29) is 10.8 Å². The first kappa shape index (κ1) is 26.5. The molecule has 0 atom stereocenters. The van der Waals surface area contributed by atoms with Crippen molar-refractivity contribution in [2.24, 2.45) is 11.8 Å². The second kappa shape index (κ2) is 9.84. The third-order valence-corrected chi connectivity index (χ3v) is 10.8. The Balaban J connectivity index is 1.62. The summed E-state index contributed by atoms with van der Waals surface area (Å²) >= 11 is 0. The molecule has 0 heterocycles. The maximum atomic E-state index is 11.8. The molecule has 4 aliphatic carbocycles. The van der Waals surface area contributed by atoms with Crippen LogP contribution in [0.2, 0.25) is 0 Å². The van der Waals surface area contributed by atoms with Crippen molar-refractivity contribution in [1.82, 2.24) is 0 Å². The monoisotopic (exact) mass is 552 g/mol. The highest BCUT2D eigenvalue weighted by atomic mass is 16.1. The van der Waals surface area contributed by atoms with Crippen molar-refractivity contribution in [2.75, 3.05) is 0 Å². The lowest BCUT2D eigenvalue weighted by atomic mass is 9.29. The molecule has 4 aromatic rings. The van der Waals surface area contributed by atoms with Crippen LogP contribution in [-0.2, 0) is 16.2 Å². The first-order chi connectivity index (χ1) is 20.5. The first-order valence-corrected chi connectivity index (χ1v) is 14.7. The average molecular weight is 553 g/mol. The van der Waals surface area contributed by atoms with Crippen LogP contribution in [0.3, 0.4) is 0 Å². The zero-order valence-electron chi connectivity index (χ0n) is 23.4. The van der Waals surface area contributed by atoms with Crippen molar-refractivity contribution in [3.8, 4) is 0 Å². The molecule has 4 heteroatoms. The summed E-state index contributed by atoms with van der Waals surface area (Å²) in [6.45, 7) is 0. The van der Waals surface area contributed by atoms with E-state index in [4.69, 9.17) is 0 Å². The number of hydrogen-bond donors (Lipinski definition) is 0. The van der Waals surface area contributed by atoms with E-state index in [9.17, 15) is 19.2 Å². The molecule has 4 aromatic carbocycles. The van der Waals surface area contributed by atoms with Crippen LogP contribution in [0.5, 0.6) is 0 Å². The van der Waals surface area contributed by atoms with Crippen LogP contribution < -0.4 is 0 Å². The molecule has 8 rings (SSSR count). The Labute approximate surface area is 245 Å². The summed E-state index contributed by atoms with van der Waals surface area (Å²) in [4.78, 5) is 46.8. The maximum Gasteiger partial charge on any atom is 0.150 e. The Hall–Kier alpha value is -4.44. The minimum absolute atomic E-state index is 0.312. The smallest absolute Gasteiger partial charge is 0.150 e. The topological polar surface area (TPSA) is 68.3 Å². The number of aldehydes is 4. The Bertz CT molecular complexity index is 1520. The van der Waals surface area contributed by atoms with Gasteiger partial charge in [0.1, 0.15) is 25.1 Å². The molecule has 0 aliphatic heterocycles. The Morgan fingerprint density at radius 3 is 0.929 bits per heavy atom. The van der Waals surface area contributed by atoms with Crippen LogP contribution in [0.25, 0.3) is 0 Å². The molecule has 4 saturated carbocycles. The molecular formula is C38H32O4. The molecule has 42 heavy (non-hydrogen) atoms. The van der Waals surface area contributed by atoms with E-state index in [0.29, 0.717) is 34.1 Å². The summed E-state index contributed by atoms with van der Waals surface area (Å²) in [7, 11) is 0. The van der Waals surface area contributed by atoms with Crippen molar-refractivity contribution in [2.45, 2.75) is 48.3 Å². The molecule has 4 nitrogen and oxygen atoms in total. The molecule has 0 spiro atoms. The first-order valence-electron chi connectivity index (χ1n) is 14.7. The van der Waals surface area contributed by atoms with Crippen molar-refractivity contribution in [3.05, 3.63) is 142 Å². The van der Waals surface area contributed by atoms with Gasteiger partial charge in [-0.1, -0.05) is 97.1 Å². The molecule has 0 unspecified atom stereocenters. The number of carbonyl (C=O) groups is 4. The Morgan fingerprint density at radius 1 is 0.405 bits per heavy atom. The second-order valence-electron chi connectivity index (χ2n) is 12.7. The third-order valence-electron chi connectivity index (χ3n) is 10.8. The highest BCUT2D eigenvalue weighted by Gasteiger charge is 2.73. The SMILES string of the molecule is O=Cc1ccc(C23CC4CC(C2)CC(c2ccc(C=O)cc2)(C4)C3(c2ccc(C=O)cc2)c2ccc(C=O)cc2)cc1. The summed E-state index contributed by atoms with van der Waals surface area (Å²) in [5.74, 6) is 1.04. The van der Waals surface area contributed by atoms with Gasteiger partial charge in [-0.25, -0.2) is 0 Å². The van der Waals surface area contributed by atoms with Gasteiger partial charge in [-0.2, -0.15) is 0 Å². The predicted molar refractivity (Wildman–Crippen MR) is 162 cm³/mol. The normalized spacial score (nSPS) is 26.9. The number of hydrogen-bond acceptors (Lipinski definition) is 4. The molecule has 0 amide bonds. The lowest BCUT2D eigenvalue weighted by Gasteiger charge is -2.74. The van der Waals surface area contributed by atoms with Gasteiger partial charge >= 0.3 is 0 Å². The van der Waals surface area contributed by atoms with Crippen LogP contribution in [0.15, 0.2) is 97.1 Å². The minimum Gasteiger partial charge on any atom is -0.298 e. The van der Waals surface area contributed by atoms with Crippen molar-refractivity contribution >= 4 is 25.1 Å². The molecule has 0 radical (unpaired) electrons. The van der Waals surface area contributed by atoms with E-state index >= 15 is 0 Å². The fourth-order valence-corrected chi connectivity index (χ4v) is 9.72. The lowest BCUT2D eigenvalue weighted by Crippen LogP contribution is -2.72. The Morgan fingerprint density at radius 2 is 0.667 bits per heavy atom. The van der Waals surface area contributed by atoms with E-state index < -0.39 is 5.41 Å². The largest absolute Gasteiger partial charge is 0.298 e. The standard InChI is InChI=1S/C38H32O4/c39-22-26-1-9-32(10-2-26)36-18-30-17-31(19-36)21-37(20-30,33-11-3-27(23-40)4-12-33)38(36,34-13-5-28(24-41)6-14-34)35-15-7-29(25-42)8-16-35/h1-16,22-25,30-31H,17-21H2. The van der Waals surface area contributed by atoms with E-state index in [1.807, 2.05) is 48.5 Å². The molecule has 208 valence electrons. The van der Waals surface area contributed by atoms with Crippen LogP contribution >= 0.6 is 0 Å². The third kappa shape index (κ3) is 3.54. The predicted octanol–water partition coefficient (Wildman–Crippen LogP) is 7.32. The molecule has 4 bridgehead atoms. The molecule has 0 aromatic heterocycles. The van der Waals surface area contributed by atoms with Gasteiger partial charge in [-0.15, -0.1) is 0 Å². The van der Waals surface area contributed by atoms with Gasteiger partial charge in [0.2, 0.25) is 0 Å². The average Bonchev–Trinajstić information content (AvgIpc) is 3.05. The van der Waals surface area contributed by atoms with Gasteiger partial charge in [-0.05, 0) is 66.2 Å². The molecule has 0 N–H and O–H groups in total. The fraction of sp³-hybridized carbons (Fsp3) is 0.263. The summed E-state index contributed by atoms with van der Waals surface area (Å²) in [5, 5.41) is 0. The van der Waals surface area contributed by atoms with Crippen LogP contribution in [0.4, 0.5) is 0 Å². The highest BCUT2D eigenvalue weighted by molar-refractivity contribution is 5.77. The van der Waals surface area contributed by atoms with E-state index in [1.54, 1.807) is 0 Å². The summed E-state index contributed by atoms with van der Waals surface area (Å²) in [6.07, 6.45) is 8.76. The molecule has 4 fully saturated rings. The Kier molecular flexibility index (Phi) is 6.20. The molecular weight excluding hydrogens is 520 g/mol.